The Kier molecular flexibility index (Phi) is 3.06. The molecule has 0 atom stereocenters. The van der Waals surface area contributed by atoms with Gasteiger partial charge in [0, 0.05) is 11.7 Å². The summed E-state index contributed by atoms with van der Waals surface area (Å²) < 4.78 is 27.7. The Morgan fingerprint density at radius 2 is 1.79 bits per heavy atom. The quantitative estimate of drug-likeness (QED) is 0.811. The maximum Gasteiger partial charge on any atom is 0.240 e. The highest BCUT2D eigenvalue weighted by Crippen LogP contribution is 2.45. The molecular formula is C14H20N2O2S. The third-order valence-electron chi connectivity index (χ3n) is 4.10. The lowest BCUT2D eigenvalue weighted by atomic mass is 10.1. The van der Waals surface area contributed by atoms with Gasteiger partial charge in [0.2, 0.25) is 10.0 Å². The first-order chi connectivity index (χ1) is 8.97. The van der Waals surface area contributed by atoms with Crippen molar-refractivity contribution < 1.29 is 8.42 Å². The summed E-state index contributed by atoms with van der Waals surface area (Å²) in [6.45, 7) is 1.83. The van der Waals surface area contributed by atoms with Gasteiger partial charge in [0.25, 0.3) is 0 Å². The summed E-state index contributed by atoms with van der Waals surface area (Å²) in [6, 6.07) is 5.03. The largest absolute Gasteiger partial charge is 0.399 e. The number of sulfonamides is 1. The van der Waals surface area contributed by atoms with Gasteiger partial charge in [-0.05, 0) is 68.2 Å². The van der Waals surface area contributed by atoms with Gasteiger partial charge in [-0.2, -0.15) is 0 Å². The molecule has 2 aliphatic rings. The predicted molar refractivity (Wildman–Crippen MR) is 75.1 cm³/mol. The minimum atomic E-state index is -3.41. The minimum Gasteiger partial charge on any atom is -0.399 e. The van der Waals surface area contributed by atoms with Crippen LogP contribution in [0.15, 0.2) is 23.1 Å². The fraction of sp³-hybridized carbons (Fsp3) is 0.571. The van der Waals surface area contributed by atoms with Crippen molar-refractivity contribution in [2.75, 3.05) is 5.73 Å². The highest BCUT2D eigenvalue weighted by molar-refractivity contribution is 7.89. The molecule has 2 fully saturated rings. The number of benzene rings is 1. The maximum absolute atomic E-state index is 12.4. The van der Waals surface area contributed by atoms with E-state index in [9.17, 15) is 8.42 Å². The van der Waals surface area contributed by atoms with Crippen LogP contribution in [0.1, 0.15) is 31.2 Å². The molecule has 0 spiro atoms. The molecule has 4 nitrogen and oxygen atoms in total. The minimum absolute atomic E-state index is 0.142. The van der Waals surface area contributed by atoms with Gasteiger partial charge in [-0.3, -0.25) is 0 Å². The second-order valence-corrected chi connectivity index (χ2v) is 7.55. The molecule has 0 aromatic heterocycles. The molecule has 0 heterocycles. The van der Waals surface area contributed by atoms with Crippen LogP contribution in [-0.4, -0.2) is 14.5 Å². The third kappa shape index (κ3) is 2.77. The Morgan fingerprint density at radius 1 is 1.21 bits per heavy atom. The van der Waals surface area contributed by atoms with Crippen molar-refractivity contribution in [2.45, 2.75) is 43.5 Å². The Balaban J connectivity index is 1.82. The van der Waals surface area contributed by atoms with Gasteiger partial charge in [0.05, 0.1) is 4.90 Å². The average Bonchev–Trinajstić information content (AvgIpc) is 3.23. The number of hydrogen-bond donors (Lipinski definition) is 2. The molecule has 0 radical (unpaired) electrons. The van der Waals surface area contributed by atoms with Crippen LogP contribution in [0.3, 0.4) is 0 Å². The van der Waals surface area contributed by atoms with Gasteiger partial charge in [0.15, 0.2) is 0 Å². The molecule has 1 aromatic carbocycles. The number of nitrogens with two attached hydrogens (primary N) is 1. The van der Waals surface area contributed by atoms with E-state index in [1.54, 1.807) is 18.2 Å². The third-order valence-corrected chi connectivity index (χ3v) is 5.56. The summed E-state index contributed by atoms with van der Waals surface area (Å²) in [6.07, 6.45) is 4.63. The average molecular weight is 280 g/mol. The number of rotatable bonds is 5. The summed E-state index contributed by atoms with van der Waals surface area (Å²) in [5.41, 5.74) is 7.16. The van der Waals surface area contributed by atoms with Crippen LogP contribution < -0.4 is 10.5 Å². The van der Waals surface area contributed by atoms with Crippen LogP contribution in [0.2, 0.25) is 0 Å². The summed E-state index contributed by atoms with van der Waals surface area (Å²) in [5, 5.41) is 0. The molecule has 3 N–H and O–H groups in total. The molecule has 0 amide bonds. The van der Waals surface area contributed by atoms with E-state index in [1.807, 2.05) is 6.92 Å². The van der Waals surface area contributed by atoms with Crippen LogP contribution >= 0.6 is 0 Å². The highest BCUT2D eigenvalue weighted by Gasteiger charge is 2.43. The highest BCUT2D eigenvalue weighted by atomic mass is 32.2. The molecule has 19 heavy (non-hydrogen) atoms. The molecule has 0 aliphatic heterocycles. The molecule has 5 heteroatoms. The summed E-state index contributed by atoms with van der Waals surface area (Å²) in [7, 11) is -3.41. The summed E-state index contributed by atoms with van der Waals surface area (Å²) >= 11 is 0. The molecule has 2 aliphatic carbocycles. The molecule has 0 saturated heterocycles. The normalized spacial score (nSPS) is 19.9. The molecule has 0 bridgehead atoms. The number of aryl methyl sites for hydroxylation is 1. The van der Waals surface area contributed by atoms with E-state index in [1.165, 1.54) is 0 Å². The fourth-order valence-corrected chi connectivity index (χ4v) is 4.01. The van der Waals surface area contributed by atoms with E-state index in [-0.39, 0.29) is 6.04 Å². The number of anilines is 1. The van der Waals surface area contributed by atoms with E-state index >= 15 is 0 Å². The second-order valence-electron chi connectivity index (χ2n) is 5.84. The van der Waals surface area contributed by atoms with Crippen molar-refractivity contribution in [1.29, 1.82) is 0 Å². The van der Waals surface area contributed by atoms with Crippen molar-refractivity contribution in [3.05, 3.63) is 23.8 Å². The summed E-state index contributed by atoms with van der Waals surface area (Å²) in [5.74, 6) is 1.11. The Morgan fingerprint density at radius 3 is 2.26 bits per heavy atom. The topological polar surface area (TPSA) is 72.2 Å². The van der Waals surface area contributed by atoms with Crippen molar-refractivity contribution in [2.24, 2.45) is 11.8 Å². The van der Waals surface area contributed by atoms with E-state index in [4.69, 9.17) is 5.73 Å². The Labute approximate surface area is 114 Å². The first-order valence-electron chi connectivity index (χ1n) is 6.86. The number of nitrogens with one attached hydrogen (secondary N) is 1. The lowest BCUT2D eigenvalue weighted by molar-refractivity contribution is 0.471. The first-order valence-corrected chi connectivity index (χ1v) is 8.34. The van der Waals surface area contributed by atoms with Gasteiger partial charge < -0.3 is 5.73 Å². The van der Waals surface area contributed by atoms with Crippen molar-refractivity contribution in [1.82, 2.24) is 4.72 Å². The van der Waals surface area contributed by atoms with Crippen LogP contribution in [0.25, 0.3) is 0 Å². The first kappa shape index (κ1) is 12.9. The van der Waals surface area contributed by atoms with Crippen LogP contribution in [0.4, 0.5) is 5.69 Å². The van der Waals surface area contributed by atoms with Crippen molar-refractivity contribution >= 4 is 15.7 Å². The van der Waals surface area contributed by atoms with E-state index in [0.717, 1.165) is 31.2 Å². The SMILES string of the molecule is Cc1cc(S(=O)(=O)NC(C2CC2)C2CC2)ccc1N. The van der Waals surface area contributed by atoms with Crippen molar-refractivity contribution in [3.63, 3.8) is 0 Å². The molecule has 3 rings (SSSR count). The zero-order chi connectivity index (χ0) is 13.6. The Bertz CT molecular complexity index is 577. The predicted octanol–water partition coefficient (Wildman–Crippen LogP) is 2.04. The van der Waals surface area contributed by atoms with Gasteiger partial charge in [-0.15, -0.1) is 0 Å². The fourth-order valence-electron chi connectivity index (χ4n) is 2.55. The standard InChI is InChI=1S/C14H20N2O2S/c1-9-8-12(6-7-13(9)15)19(17,18)16-14(10-2-3-10)11-4-5-11/h6-8,10-11,14,16H,2-5,15H2,1H3. The number of hydrogen-bond acceptors (Lipinski definition) is 3. The zero-order valence-electron chi connectivity index (χ0n) is 11.1. The van der Waals surface area contributed by atoms with E-state index in [2.05, 4.69) is 4.72 Å². The monoisotopic (exact) mass is 280 g/mol. The number of nitrogen functional groups attached to an aromatic ring is 1. The zero-order valence-corrected chi connectivity index (χ0v) is 11.9. The van der Waals surface area contributed by atoms with Gasteiger partial charge in [0.1, 0.15) is 0 Å². The van der Waals surface area contributed by atoms with Crippen molar-refractivity contribution in [3.8, 4) is 0 Å². The second kappa shape index (κ2) is 4.49. The summed E-state index contributed by atoms with van der Waals surface area (Å²) in [4.78, 5) is 0.325. The van der Waals surface area contributed by atoms with Gasteiger partial charge in [-0.25, -0.2) is 13.1 Å². The molecule has 2 saturated carbocycles. The smallest absolute Gasteiger partial charge is 0.240 e. The molecular weight excluding hydrogens is 260 g/mol. The molecule has 0 unspecified atom stereocenters. The molecule has 1 aromatic rings. The Hall–Kier alpha value is -1.07. The van der Waals surface area contributed by atoms with Crippen LogP contribution in [0.5, 0.6) is 0 Å². The van der Waals surface area contributed by atoms with E-state index in [0.29, 0.717) is 22.4 Å². The maximum atomic E-state index is 12.4. The van der Waals surface area contributed by atoms with Crippen LogP contribution in [-0.2, 0) is 10.0 Å². The van der Waals surface area contributed by atoms with Crippen LogP contribution in [0, 0.1) is 18.8 Å². The lowest BCUT2D eigenvalue weighted by Crippen LogP contribution is -2.38. The molecule has 104 valence electrons. The van der Waals surface area contributed by atoms with E-state index < -0.39 is 10.0 Å². The van der Waals surface area contributed by atoms with Gasteiger partial charge in [-0.1, -0.05) is 0 Å². The lowest BCUT2D eigenvalue weighted by Gasteiger charge is -2.18. The van der Waals surface area contributed by atoms with Gasteiger partial charge >= 0.3 is 0 Å².